The van der Waals surface area contributed by atoms with Crippen molar-refractivity contribution in [2.24, 2.45) is 4.99 Å². The first-order chi connectivity index (χ1) is 11.7. The van der Waals surface area contributed by atoms with Gasteiger partial charge in [-0.25, -0.2) is 4.99 Å². The minimum absolute atomic E-state index is 0.0548. The third-order valence-corrected chi connectivity index (χ3v) is 3.55. The Labute approximate surface area is 145 Å². The van der Waals surface area contributed by atoms with Crippen molar-refractivity contribution in [3.63, 3.8) is 0 Å². The number of hydrogen-bond acceptors (Lipinski definition) is 2. The number of nitrogens with zero attached hydrogens (tertiary/aromatic N) is 2. The molecule has 0 saturated carbocycles. The summed E-state index contributed by atoms with van der Waals surface area (Å²) in [5.41, 5.74) is 1.22. The fourth-order valence-corrected chi connectivity index (χ4v) is 2.24. The van der Waals surface area contributed by atoms with E-state index in [9.17, 15) is 4.79 Å². The summed E-state index contributed by atoms with van der Waals surface area (Å²) in [5.74, 6) is 0.709. The molecule has 5 nitrogen and oxygen atoms in total. The van der Waals surface area contributed by atoms with Gasteiger partial charge in [0.2, 0.25) is 5.91 Å². The van der Waals surface area contributed by atoms with Crippen LogP contribution >= 0.6 is 0 Å². The molecular weight excluding hydrogens is 300 g/mol. The van der Waals surface area contributed by atoms with Gasteiger partial charge in [-0.3, -0.25) is 4.79 Å². The lowest BCUT2D eigenvalue weighted by atomic mass is 10.1. The first kappa shape index (κ1) is 19.7. The molecule has 0 fully saturated rings. The summed E-state index contributed by atoms with van der Waals surface area (Å²) < 4.78 is 0. The van der Waals surface area contributed by atoms with Crippen LogP contribution in [0.2, 0.25) is 0 Å². The van der Waals surface area contributed by atoms with Crippen LogP contribution in [0.1, 0.15) is 25.3 Å². The number of aliphatic imine (C=N–C) groups is 1. The zero-order chi connectivity index (χ0) is 17.6. The van der Waals surface area contributed by atoms with Crippen molar-refractivity contribution >= 4 is 11.9 Å². The van der Waals surface area contributed by atoms with Crippen LogP contribution in [-0.2, 0) is 11.2 Å². The van der Waals surface area contributed by atoms with Crippen molar-refractivity contribution in [2.75, 3.05) is 33.2 Å². The van der Waals surface area contributed by atoms with E-state index in [-0.39, 0.29) is 12.5 Å². The Morgan fingerprint density at radius 3 is 2.71 bits per heavy atom. The monoisotopic (exact) mass is 330 g/mol. The number of unbranched alkanes of at least 4 members (excludes halogenated alkanes) is 1. The van der Waals surface area contributed by atoms with E-state index < -0.39 is 0 Å². The molecule has 1 amide bonds. The summed E-state index contributed by atoms with van der Waals surface area (Å²) in [6.45, 7) is 8.18. The highest BCUT2D eigenvalue weighted by Gasteiger charge is 2.06. The van der Waals surface area contributed by atoms with Crippen LogP contribution in [0.15, 0.2) is 48.0 Å². The lowest BCUT2D eigenvalue weighted by molar-refractivity contribution is -0.119. The summed E-state index contributed by atoms with van der Waals surface area (Å²) in [6.07, 6.45) is 4.74. The Hall–Kier alpha value is -2.30. The molecule has 1 rings (SSSR count). The molecule has 1 aromatic rings. The molecule has 0 unspecified atom stereocenters. The van der Waals surface area contributed by atoms with Crippen molar-refractivity contribution < 1.29 is 4.79 Å². The van der Waals surface area contributed by atoms with Crippen molar-refractivity contribution in [2.45, 2.75) is 26.2 Å². The predicted molar refractivity (Wildman–Crippen MR) is 101 cm³/mol. The van der Waals surface area contributed by atoms with Gasteiger partial charge in [-0.1, -0.05) is 36.4 Å². The van der Waals surface area contributed by atoms with Crippen LogP contribution in [0.5, 0.6) is 0 Å². The van der Waals surface area contributed by atoms with Crippen molar-refractivity contribution in [1.29, 1.82) is 0 Å². The van der Waals surface area contributed by atoms with E-state index in [4.69, 9.17) is 0 Å². The molecular formula is C19H30N4O. The molecule has 0 bridgehead atoms. The first-order valence-electron chi connectivity index (χ1n) is 8.58. The molecule has 0 saturated heterocycles. The maximum Gasteiger partial charge on any atom is 0.241 e. The number of benzene rings is 1. The average molecular weight is 330 g/mol. The summed E-state index contributed by atoms with van der Waals surface area (Å²) in [6, 6.07) is 10.1. The van der Waals surface area contributed by atoms with E-state index in [0.29, 0.717) is 6.54 Å². The molecule has 1 aromatic carbocycles. The quantitative estimate of drug-likeness (QED) is 0.299. The number of hydrogen-bond donors (Lipinski definition) is 2. The number of guanidine groups is 1. The molecule has 0 aliphatic heterocycles. The third kappa shape index (κ3) is 8.36. The number of rotatable bonds is 10. The van der Waals surface area contributed by atoms with Gasteiger partial charge in [-0.05, 0) is 31.7 Å². The second-order valence-electron chi connectivity index (χ2n) is 5.61. The Morgan fingerprint density at radius 1 is 1.29 bits per heavy atom. The zero-order valence-electron chi connectivity index (χ0n) is 14.9. The number of nitrogens with one attached hydrogen (secondary N) is 2. The molecule has 2 N–H and O–H groups in total. The normalized spacial score (nSPS) is 11.0. The molecule has 0 atom stereocenters. The molecule has 0 spiro atoms. The van der Waals surface area contributed by atoms with Gasteiger partial charge < -0.3 is 15.5 Å². The Kier molecular flexibility index (Phi) is 10.0. The van der Waals surface area contributed by atoms with Crippen LogP contribution in [0.4, 0.5) is 0 Å². The summed E-state index contributed by atoms with van der Waals surface area (Å²) in [5, 5.41) is 6.13. The van der Waals surface area contributed by atoms with Crippen LogP contribution in [0.3, 0.4) is 0 Å². The van der Waals surface area contributed by atoms with Gasteiger partial charge >= 0.3 is 0 Å². The number of amides is 1. The summed E-state index contributed by atoms with van der Waals surface area (Å²) >= 11 is 0. The van der Waals surface area contributed by atoms with Crippen LogP contribution in [0, 0.1) is 0 Å². The van der Waals surface area contributed by atoms with Crippen LogP contribution in [0.25, 0.3) is 0 Å². The number of carbonyl (C=O) groups excluding carboxylic acids is 1. The fraction of sp³-hybridized carbons (Fsp3) is 0.474. The van der Waals surface area contributed by atoms with E-state index in [1.54, 1.807) is 0 Å². The maximum atomic E-state index is 11.9. The average Bonchev–Trinajstić information content (AvgIpc) is 2.59. The van der Waals surface area contributed by atoms with Crippen molar-refractivity contribution in [3.8, 4) is 0 Å². The van der Waals surface area contributed by atoms with Gasteiger partial charge in [-0.2, -0.15) is 0 Å². The van der Waals surface area contributed by atoms with Crippen molar-refractivity contribution in [3.05, 3.63) is 48.6 Å². The maximum absolute atomic E-state index is 11.9. The highest BCUT2D eigenvalue weighted by molar-refractivity contribution is 5.84. The number of carbonyl (C=O) groups is 1. The highest BCUT2D eigenvalue weighted by atomic mass is 16.1. The second kappa shape index (κ2) is 12.2. The summed E-state index contributed by atoms with van der Waals surface area (Å²) in [4.78, 5) is 18.4. The lowest BCUT2D eigenvalue weighted by Crippen LogP contribution is -2.40. The molecule has 0 heterocycles. The smallest absolute Gasteiger partial charge is 0.241 e. The second-order valence-corrected chi connectivity index (χ2v) is 5.61. The third-order valence-electron chi connectivity index (χ3n) is 3.55. The molecule has 132 valence electrons. The molecule has 0 aromatic heterocycles. The van der Waals surface area contributed by atoms with Crippen molar-refractivity contribution in [1.82, 2.24) is 15.5 Å². The topological polar surface area (TPSA) is 56.7 Å². The standard InChI is InChI=1S/C19H30N4O/c1-4-6-10-15-23(3)19(20-5-2)22-16-18(24)21-14-13-17-11-8-7-9-12-17/h4,7-9,11-12H,1,5-6,10,13-16H2,2-3H3,(H,20,22)(H,21,24). The Morgan fingerprint density at radius 2 is 2.04 bits per heavy atom. The van der Waals surface area contributed by atoms with Gasteiger partial charge in [0.15, 0.2) is 5.96 Å². The molecule has 0 radical (unpaired) electrons. The minimum atomic E-state index is -0.0548. The molecule has 5 heteroatoms. The van der Waals surface area contributed by atoms with E-state index in [1.165, 1.54) is 5.56 Å². The highest BCUT2D eigenvalue weighted by Crippen LogP contribution is 1.98. The van der Waals surface area contributed by atoms with Gasteiger partial charge in [-0.15, -0.1) is 6.58 Å². The van der Waals surface area contributed by atoms with Crippen LogP contribution in [-0.4, -0.2) is 50.0 Å². The molecule has 0 aliphatic carbocycles. The van der Waals surface area contributed by atoms with Gasteiger partial charge in [0.1, 0.15) is 6.54 Å². The van der Waals surface area contributed by atoms with E-state index in [2.05, 4.69) is 34.3 Å². The van der Waals surface area contributed by atoms with E-state index in [1.807, 2.05) is 43.1 Å². The van der Waals surface area contributed by atoms with E-state index in [0.717, 1.165) is 38.3 Å². The number of allylic oxidation sites excluding steroid dienone is 1. The first-order valence-corrected chi connectivity index (χ1v) is 8.58. The zero-order valence-corrected chi connectivity index (χ0v) is 14.9. The van der Waals surface area contributed by atoms with Gasteiger partial charge in [0.05, 0.1) is 0 Å². The van der Waals surface area contributed by atoms with Crippen LogP contribution < -0.4 is 10.6 Å². The molecule has 24 heavy (non-hydrogen) atoms. The van der Waals surface area contributed by atoms with Gasteiger partial charge in [0, 0.05) is 26.7 Å². The lowest BCUT2D eigenvalue weighted by Gasteiger charge is -2.21. The predicted octanol–water partition coefficient (Wildman–Crippen LogP) is 2.21. The SMILES string of the molecule is C=CCCCN(C)C(=NCC(=O)NCCc1ccccc1)NCC. The molecule has 0 aliphatic rings. The largest absolute Gasteiger partial charge is 0.357 e. The Bertz CT molecular complexity index is 513. The minimum Gasteiger partial charge on any atom is -0.357 e. The fourth-order valence-electron chi connectivity index (χ4n) is 2.24. The summed E-state index contributed by atoms with van der Waals surface area (Å²) in [7, 11) is 1.98. The van der Waals surface area contributed by atoms with Gasteiger partial charge in [0.25, 0.3) is 0 Å². The Balaban J connectivity index is 2.37. The van der Waals surface area contributed by atoms with E-state index >= 15 is 0 Å².